The monoisotopic (exact) mass is 961 g/mol. The summed E-state index contributed by atoms with van der Waals surface area (Å²) in [5, 5.41) is 33.2. The summed E-state index contributed by atoms with van der Waals surface area (Å²) in [6.07, 6.45) is 13.6. The van der Waals surface area contributed by atoms with Crippen LogP contribution in [0.2, 0.25) is 0 Å². The normalized spacial score (nSPS) is 15.4. The van der Waals surface area contributed by atoms with Crippen molar-refractivity contribution in [3.05, 3.63) is 124 Å². The van der Waals surface area contributed by atoms with Crippen LogP contribution in [0.15, 0.2) is 96.1 Å². The molecule has 3 aliphatic rings. The van der Waals surface area contributed by atoms with Crippen molar-refractivity contribution < 1.29 is 42.6 Å². The summed E-state index contributed by atoms with van der Waals surface area (Å²) in [5.41, 5.74) is 9.27. The highest BCUT2D eigenvalue weighted by Gasteiger charge is 2.38. The first-order chi connectivity index (χ1) is 33.9. The van der Waals surface area contributed by atoms with Crippen molar-refractivity contribution >= 4 is 53.0 Å². The van der Waals surface area contributed by atoms with Crippen molar-refractivity contribution in [2.75, 3.05) is 56.8 Å². The Balaban J connectivity index is 0.848. The van der Waals surface area contributed by atoms with E-state index in [2.05, 4.69) is 26.6 Å². The molecule has 0 saturated carbocycles. The van der Waals surface area contributed by atoms with Crippen LogP contribution in [-0.4, -0.2) is 104 Å². The summed E-state index contributed by atoms with van der Waals surface area (Å²) in [7, 11) is 0. The molecule has 3 aromatic carbocycles. The Morgan fingerprint density at radius 1 is 0.957 bits per heavy atom. The molecule has 0 radical (unpaired) electrons. The van der Waals surface area contributed by atoms with Gasteiger partial charge in [0.1, 0.15) is 42.2 Å². The summed E-state index contributed by atoms with van der Waals surface area (Å²) < 4.78 is 32.0. The number of hydrogen-bond acceptors (Lipinski definition) is 12. The van der Waals surface area contributed by atoms with E-state index in [1.54, 1.807) is 48.5 Å². The number of amides is 4. The Morgan fingerprint density at radius 3 is 2.53 bits per heavy atom. The number of carbonyl (C=O) groups is 5. The van der Waals surface area contributed by atoms with E-state index in [-0.39, 0.29) is 61.6 Å². The number of unbranched alkanes of at least 4 members (excludes halogenated alkanes) is 2. The van der Waals surface area contributed by atoms with Crippen LogP contribution in [-0.2, 0) is 36.9 Å². The van der Waals surface area contributed by atoms with Crippen LogP contribution >= 0.6 is 0 Å². The van der Waals surface area contributed by atoms with Crippen LogP contribution in [0.5, 0.6) is 5.75 Å². The number of aldehydes is 1. The first kappa shape index (κ1) is 52.4. The minimum absolute atomic E-state index is 0.0510. The summed E-state index contributed by atoms with van der Waals surface area (Å²) in [4.78, 5) is 63.2. The molecule has 1 atom stereocenters. The van der Waals surface area contributed by atoms with Gasteiger partial charge in [-0.1, -0.05) is 42.0 Å². The van der Waals surface area contributed by atoms with Gasteiger partial charge in [-0.2, -0.15) is 0 Å². The number of rotatable bonds is 26. The number of primary amides is 1. The fourth-order valence-electron chi connectivity index (χ4n) is 8.36. The number of allylic oxidation sites excluding steroid dienone is 4. The summed E-state index contributed by atoms with van der Waals surface area (Å²) >= 11 is 0. The van der Waals surface area contributed by atoms with Gasteiger partial charge in [0.15, 0.2) is 0 Å². The number of carbonyl (C=O) groups excluding carboxylic acids is 5. The fraction of sp³-hybridized carbons (Fsp3) is 0.404. The quantitative estimate of drug-likeness (QED) is 0.0199. The van der Waals surface area contributed by atoms with Crippen molar-refractivity contribution in [2.45, 2.75) is 89.4 Å². The molecule has 1 saturated heterocycles. The van der Waals surface area contributed by atoms with Crippen LogP contribution in [0.3, 0.4) is 0 Å². The highest BCUT2D eigenvalue weighted by atomic mass is 19.1. The standard InChI is InChI=1S/C52H64FN9O8/c1-35-10-5-11-36(18-17-35)47(54)60-51(56)52(21-23-57-24-22-52)61-39-13-6-12-37(30-39)49(66)58-32-38-31-40(19-20-43(38)53)70-29-4-2-3-26-68-27-9-28-69-34-46(64)59-44-15-7-14-41-42(44)33-62(50(41)67)45(48(55)65)16-8-25-63/h5-7,11-15,17-20,25,30-31,45,57,61H,2-4,8-10,16,21-24,26-29,32-34H2,1H3,(H2,55,65)(H,58,66)(H,59,64)(H3,54,56,60). The smallest absolute Gasteiger partial charge is 0.255 e. The van der Waals surface area contributed by atoms with E-state index in [0.29, 0.717) is 104 Å². The third-order valence-corrected chi connectivity index (χ3v) is 12.3. The molecule has 17 nitrogen and oxygen atoms in total. The molecular weight excluding hydrogens is 898 g/mol. The molecule has 18 heteroatoms. The number of hydrogen-bond donors (Lipinski definition) is 8. The largest absolute Gasteiger partial charge is 0.494 e. The van der Waals surface area contributed by atoms with Crippen LogP contribution < -0.4 is 37.1 Å². The molecular formula is C52H64FN9O8. The maximum absolute atomic E-state index is 14.9. The lowest BCUT2D eigenvalue weighted by atomic mass is 9.86. The van der Waals surface area contributed by atoms with Gasteiger partial charge in [0.25, 0.3) is 11.8 Å². The molecule has 6 rings (SSSR count). The number of fused-ring (bicyclic) bond motifs is 1. The predicted octanol–water partition coefficient (Wildman–Crippen LogP) is 6.07. The van der Waals surface area contributed by atoms with E-state index in [0.717, 1.165) is 25.7 Å². The van der Waals surface area contributed by atoms with Crippen LogP contribution in [0.25, 0.3) is 0 Å². The minimum atomic E-state index is -0.932. The highest BCUT2D eigenvalue weighted by molar-refractivity contribution is 6.11. The first-order valence-electron chi connectivity index (χ1n) is 23.8. The molecule has 2 heterocycles. The van der Waals surface area contributed by atoms with Gasteiger partial charge in [-0.3, -0.25) is 30.0 Å². The Morgan fingerprint density at radius 2 is 1.73 bits per heavy atom. The Bertz CT molecular complexity index is 2480. The van der Waals surface area contributed by atoms with Crippen LogP contribution in [0, 0.1) is 16.6 Å². The third-order valence-electron chi connectivity index (χ3n) is 12.3. The lowest BCUT2D eigenvalue weighted by Gasteiger charge is -2.40. The van der Waals surface area contributed by atoms with Crippen LogP contribution in [0.1, 0.15) is 96.6 Å². The van der Waals surface area contributed by atoms with E-state index < -0.39 is 29.2 Å². The summed E-state index contributed by atoms with van der Waals surface area (Å²) in [5.74, 6) is -1.52. The van der Waals surface area contributed by atoms with Gasteiger partial charge >= 0.3 is 0 Å². The molecule has 372 valence electrons. The van der Waals surface area contributed by atoms with E-state index in [4.69, 9.17) is 30.8 Å². The number of anilines is 2. The molecule has 0 aromatic heterocycles. The van der Waals surface area contributed by atoms with E-state index in [1.807, 2.05) is 37.3 Å². The molecule has 1 unspecified atom stereocenters. The van der Waals surface area contributed by atoms with Gasteiger partial charge in [-0.25, -0.2) is 4.39 Å². The lowest BCUT2D eigenvalue weighted by molar-refractivity contribution is -0.123. The highest BCUT2D eigenvalue weighted by Crippen LogP contribution is 2.32. The fourth-order valence-corrected chi connectivity index (χ4v) is 8.36. The zero-order valence-electron chi connectivity index (χ0n) is 39.6. The van der Waals surface area contributed by atoms with Gasteiger partial charge in [-0.05, 0) is 120 Å². The molecule has 0 bridgehead atoms. The molecule has 9 N–H and O–H groups in total. The number of nitrogens with zero attached hydrogens (tertiary/aromatic N) is 1. The first-order valence-corrected chi connectivity index (χ1v) is 23.8. The molecule has 1 fully saturated rings. The van der Waals surface area contributed by atoms with Crippen molar-refractivity contribution in [1.82, 2.24) is 20.9 Å². The number of nitrogens with one attached hydrogen (secondary N) is 7. The zero-order chi connectivity index (χ0) is 49.9. The predicted molar refractivity (Wildman–Crippen MR) is 265 cm³/mol. The molecule has 0 spiro atoms. The second-order valence-electron chi connectivity index (χ2n) is 17.5. The van der Waals surface area contributed by atoms with E-state index >= 15 is 0 Å². The van der Waals surface area contributed by atoms with Gasteiger partial charge in [-0.15, -0.1) is 0 Å². The van der Waals surface area contributed by atoms with Gasteiger partial charge in [0.2, 0.25) is 11.8 Å². The second kappa shape index (κ2) is 26.1. The van der Waals surface area contributed by atoms with Crippen molar-refractivity contribution in [1.29, 1.82) is 10.8 Å². The zero-order valence-corrected chi connectivity index (χ0v) is 39.6. The van der Waals surface area contributed by atoms with Crippen LogP contribution in [0.4, 0.5) is 15.8 Å². The maximum Gasteiger partial charge on any atom is 0.255 e. The van der Waals surface area contributed by atoms with E-state index in [9.17, 15) is 28.4 Å². The average Bonchev–Trinajstić information content (AvgIpc) is 3.52. The lowest BCUT2D eigenvalue weighted by Crippen LogP contribution is -2.58. The minimum Gasteiger partial charge on any atom is -0.494 e. The number of nitrogens with two attached hydrogens (primary N) is 1. The number of halogens is 1. The third kappa shape index (κ3) is 14.7. The number of amidine groups is 2. The number of ether oxygens (including phenoxy) is 3. The molecule has 3 aromatic rings. The average molecular weight is 962 g/mol. The Kier molecular flexibility index (Phi) is 19.5. The van der Waals surface area contributed by atoms with Gasteiger partial charge in [0, 0.05) is 78.5 Å². The second-order valence-corrected chi connectivity index (χ2v) is 17.5. The SMILES string of the molecule is CC1=CC=C(C(=N)NC(=N)C2(Nc3cccc(C(=O)NCc4cc(OCCCCCOCCCOCC(=O)Nc5cccc6c5CN(C(CCC=O)C(N)=O)C6=O)ccc4F)c3)CCNCC2)C=CC1. The maximum atomic E-state index is 14.9. The van der Waals surface area contributed by atoms with Crippen molar-refractivity contribution in [3.8, 4) is 5.75 Å². The topological polar surface area (TPSA) is 250 Å². The molecule has 4 amide bonds. The van der Waals surface area contributed by atoms with Gasteiger partial charge in [0.05, 0.1) is 12.1 Å². The van der Waals surface area contributed by atoms with E-state index in [1.165, 1.54) is 16.5 Å². The molecule has 1 aliphatic carbocycles. The molecule has 2 aliphatic heterocycles. The van der Waals surface area contributed by atoms with Crippen molar-refractivity contribution in [3.63, 3.8) is 0 Å². The Labute approximate surface area is 407 Å². The number of piperidine rings is 1. The summed E-state index contributed by atoms with van der Waals surface area (Å²) in [6.45, 7) is 4.93. The molecule has 70 heavy (non-hydrogen) atoms. The van der Waals surface area contributed by atoms with Crippen molar-refractivity contribution in [2.24, 2.45) is 5.73 Å². The van der Waals surface area contributed by atoms with Gasteiger partial charge < -0.3 is 56.2 Å². The Hall–Kier alpha value is -7.02. The summed E-state index contributed by atoms with van der Waals surface area (Å²) in [6, 6.07) is 15.5. The number of benzene rings is 3.